The zero-order valence-electron chi connectivity index (χ0n) is 6.40. The van der Waals surface area contributed by atoms with Crippen LogP contribution in [-0.2, 0) is 10.2 Å². The highest BCUT2D eigenvalue weighted by Gasteiger charge is 2.43. The van der Waals surface area contributed by atoms with Crippen LogP contribution < -0.4 is 0 Å². The zero-order chi connectivity index (χ0) is 8.60. The van der Waals surface area contributed by atoms with Gasteiger partial charge in [-0.1, -0.05) is 42.5 Å². The quantitative estimate of drug-likeness (QED) is 0.667. The summed E-state index contributed by atoms with van der Waals surface area (Å²) in [4.78, 5) is 10.8. The Kier molecular flexibility index (Phi) is 1.30. The molecule has 0 aromatic heterocycles. The lowest BCUT2D eigenvalue weighted by Crippen LogP contribution is -2.20. The molecule has 0 fully saturated rings. The maximum Gasteiger partial charge on any atom is 0.321 e. The van der Waals surface area contributed by atoms with Gasteiger partial charge in [-0.15, -0.1) is 0 Å². The molecule has 0 bridgehead atoms. The first-order valence-electron chi connectivity index (χ1n) is 3.75. The molecule has 0 aliphatic heterocycles. The van der Waals surface area contributed by atoms with E-state index in [2.05, 4.69) is 0 Å². The Labute approximate surface area is 70.2 Å². The highest BCUT2D eigenvalue weighted by molar-refractivity contribution is 5.92. The van der Waals surface area contributed by atoms with Crippen molar-refractivity contribution in [3.63, 3.8) is 0 Å². The fourth-order valence-electron chi connectivity index (χ4n) is 1.26. The van der Waals surface area contributed by atoms with Crippen molar-refractivity contribution in [1.29, 1.82) is 0 Å². The summed E-state index contributed by atoms with van der Waals surface area (Å²) in [5, 5.41) is 8.89. The monoisotopic (exact) mass is 160 g/mol. The molecule has 0 saturated carbocycles. The Morgan fingerprint density at radius 1 is 1.17 bits per heavy atom. The van der Waals surface area contributed by atoms with Gasteiger partial charge in [0.15, 0.2) is 0 Å². The summed E-state index contributed by atoms with van der Waals surface area (Å²) in [6.45, 7) is 0. The minimum absolute atomic E-state index is 0.790. The molecule has 1 aliphatic rings. The van der Waals surface area contributed by atoms with E-state index < -0.39 is 11.4 Å². The lowest BCUT2D eigenvalue weighted by Gasteiger charge is -2.09. The molecule has 0 spiro atoms. The molecule has 2 rings (SSSR count). The van der Waals surface area contributed by atoms with Gasteiger partial charge in [-0.05, 0) is 5.56 Å². The molecule has 2 heteroatoms. The molecule has 1 N–H and O–H groups in total. The summed E-state index contributed by atoms with van der Waals surface area (Å²) in [6.07, 6.45) is 3.40. The first kappa shape index (κ1) is 7.10. The Morgan fingerprint density at radius 2 is 1.75 bits per heavy atom. The highest BCUT2D eigenvalue weighted by Crippen LogP contribution is 2.38. The molecular formula is C10H8O2. The van der Waals surface area contributed by atoms with Crippen LogP contribution in [0.25, 0.3) is 0 Å². The molecule has 0 atom stereocenters. The molecule has 1 aliphatic carbocycles. The SMILES string of the molecule is O=C(O)C1(c2ccccc2)C=C1. The van der Waals surface area contributed by atoms with Gasteiger partial charge in [0.25, 0.3) is 0 Å². The van der Waals surface area contributed by atoms with Crippen molar-refractivity contribution >= 4 is 5.97 Å². The van der Waals surface area contributed by atoms with Crippen molar-refractivity contribution in [2.75, 3.05) is 0 Å². The Morgan fingerprint density at radius 3 is 2.17 bits per heavy atom. The highest BCUT2D eigenvalue weighted by atomic mass is 16.4. The van der Waals surface area contributed by atoms with Crippen LogP contribution in [0.5, 0.6) is 0 Å². The maximum atomic E-state index is 10.8. The van der Waals surface area contributed by atoms with Gasteiger partial charge in [-0.2, -0.15) is 0 Å². The molecule has 0 radical (unpaired) electrons. The third-order valence-corrected chi connectivity index (χ3v) is 2.11. The van der Waals surface area contributed by atoms with Gasteiger partial charge in [0.05, 0.1) is 0 Å². The van der Waals surface area contributed by atoms with E-state index in [0.29, 0.717) is 0 Å². The second-order valence-corrected chi connectivity index (χ2v) is 2.87. The number of benzene rings is 1. The standard InChI is InChI=1S/C10H8O2/c11-9(12)10(6-7-10)8-4-2-1-3-5-8/h1-7H,(H,11,12). The van der Waals surface area contributed by atoms with Gasteiger partial charge in [0, 0.05) is 0 Å². The van der Waals surface area contributed by atoms with E-state index in [1.54, 1.807) is 12.2 Å². The summed E-state index contributed by atoms with van der Waals surface area (Å²) in [6, 6.07) is 9.23. The van der Waals surface area contributed by atoms with Crippen LogP contribution in [0.2, 0.25) is 0 Å². The summed E-state index contributed by atoms with van der Waals surface area (Å²) >= 11 is 0. The molecule has 0 amide bonds. The van der Waals surface area contributed by atoms with Crippen LogP contribution in [0, 0.1) is 0 Å². The van der Waals surface area contributed by atoms with Gasteiger partial charge in [-0.3, -0.25) is 4.79 Å². The lowest BCUT2D eigenvalue weighted by atomic mass is 9.94. The van der Waals surface area contributed by atoms with Crippen LogP contribution in [0.1, 0.15) is 5.56 Å². The van der Waals surface area contributed by atoms with Crippen LogP contribution in [0.15, 0.2) is 42.5 Å². The number of aliphatic carboxylic acids is 1. The first-order chi connectivity index (χ1) is 5.76. The minimum Gasteiger partial charge on any atom is -0.480 e. The van der Waals surface area contributed by atoms with Gasteiger partial charge in [-0.25, -0.2) is 0 Å². The van der Waals surface area contributed by atoms with Crippen molar-refractivity contribution in [2.45, 2.75) is 5.41 Å². The summed E-state index contributed by atoms with van der Waals surface area (Å²) in [7, 11) is 0. The van der Waals surface area contributed by atoms with E-state index >= 15 is 0 Å². The fraction of sp³-hybridized carbons (Fsp3) is 0.100. The van der Waals surface area contributed by atoms with E-state index in [-0.39, 0.29) is 0 Å². The van der Waals surface area contributed by atoms with Crippen molar-refractivity contribution in [3.05, 3.63) is 48.0 Å². The number of carbonyl (C=O) groups is 1. The number of carboxylic acid groups (broad SMARTS) is 1. The first-order valence-corrected chi connectivity index (χ1v) is 3.75. The molecule has 0 heterocycles. The van der Waals surface area contributed by atoms with E-state index in [1.807, 2.05) is 30.3 Å². The van der Waals surface area contributed by atoms with Crippen molar-refractivity contribution in [1.82, 2.24) is 0 Å². The van der Waals surface area contributed by atoms with Crippen molar-refractivity contribution in [2.24, 2.45) is 0 Å². The third kappa shape index (κ3) is 0.848. The zero-order valence-corrected chi connectivity index (χ0v) is 6.40. The van der Waals surface area contributed by atoms with Gasteiger partial charge < -0.3 is 5.11 Å². The maximum absolute atomic E-state index is 10.8. The van der Waals surface area contributed by atoms with E-state index in [4.69, 9.17) is 5.11 Å². The second kappa shape index (κ2) is 2.21. The Balaban J connectivity index is 2.38. The van der Waals surface area contributed by atoms with Crippen LogP contribution >= 0.6 is 0 Å². The molecule has 0 saturated heterocycles. The smallest absolute Gasteiger partial charge is 0.321 e. The second-order valence-electron chi connectivity index (χ2n) is 2.87. The molecule has 1 aromatic carbocycles. The molecule has 2 nitrogen and oxygen atoms in total. The van der Waals surface area contributed by atoms with E-state index in [9.17, 15) is 4.79 Å². The number of carboxylic acids is 1. The Hall–Kier alpha value is -1.57. The molecule has 0 unspecified atom stereocenters. The topological polar surface area (TPSA) is 37.3 Å². The van der Waals surface area contributed by atoms with Gasteiger partial charge >= 0.3 is 5.97 Å². The predicted molar refractivity (Wildman–Crippen MR) is 44.9 cm³/mol. The van der Waals surface area contributed by atoms with E-state index in [1.165, 1.54) is 0 Å². The molecule has 60 valence electrons. The largest absolute Gasteiger partial charge is 0.480 e. The summed E-state index contributed by atoms with van der Waals surface area (Å²) in [5.41, 5.74) is 0.0406. The number of rotatable bonds is 2. The van der Waals surface area contributed by atoms with Gasteiger partial charge in [0.1, 0.15) is 5.41 Å². The van der Waals surface area contributed by atoms with Crippen LogP contribution in [0.4, 0.5) is 0 Å². The predicted octanol–water partition coefficient (Wildman–Crippen LogP) is 1.58. The average molecular weight is 160 g/mol. The lowest BCUT2D eigenvalue weighted by molar-refractivity contribution is -0.139. The minimum atomic E-state index is -0.798. The molecular weight excluding hydrogens is 152 g/mol. The third-order valence-electron chi connectivity index (χ3n) is 2.11. The van der Waals surface area contributed by atoms with Crippen LogP contribution in [0.3, 0.4) is 0 Å². The molecule has 1 aromatic rings. The number of hydrogen-bond acceptors (Lipinski definition) is 1. The van der Waals surface area contributed by atoms with Crippen molar-refractivity contribution in [3.8, 4) is 0 Å². The van der Waals surface area contributed by atoms with Gasteiger partial charge in [0.2, 0.25) is 0 Å². The summed E-state index contributed by atoms with van der Waals surface area (Å²) < 4.78 is 0. The fourth-order valence-corrected chi connectivity index (χ4v) is 1.26. The normalized spacial score (nSPS) is 17.3. The summed E-state index contributed by atoms with van der Waals surface area (Å²) in [5.74, 6) is -0.798. The van der Waals surface area contributed by atoms with E-state index in [0.717, 1.165) is 5.56 Å². The number of hydrogen-bond donors (Lipinski definition) is 1. The Bertz CT molecular complexity index is 332. The van der Waals surface area contributed by atoms with Crippen molar-refractivity contribution < 1.29 is 9.90 Å². The molecule has 12 heavy (non-hydrogen) atoms. The average Bonchev–Trinajstić information content (AvgIpc) is 2.86. The van der Waals surface area contributed by atoms with Crippen LogP contribution in [-0.4, -0.2) is 11.1 Å².